The van der Waals surface area contributed by atoms with Crippen LogP contribution in [0.15, 0.2) is 95.6 Å². The van der Waals surface area contributed by atoms with E-state index >= 15 is 0 Å². The summed E-state index contributed by atoms with van der Waals surface area (Å²) in [5, 5.41) is 9.77. The fourth-order valence-corrected chi connectivity index (χ4v) is 11.4. The van der Waals surface area contributed by atoms with Crippen LogP contribution in [-0.4, -0.2) is 26.4 Å². The maximum atomic E-state index is 13.5. The first-order valence-electron chi connectivity index (χ1n) is 11.8. The number of carboxylic acid groups (broad SMARTS) is 1. The molecule has 0 aliphatic carbocycles. The monoisotopic (exact) mass is 999 g/mol. The van der Waals surface area contributed by atoms with Crippen molar-refractivity contribution in [2.45, 2.75) is 6.92 Å². The quantitative estimate of drug-likeness (QED) is 0.0879. The molecule has 0 aliphatic heterocycles. The van der Waals surface area contributed by atoms with Gasteiger partial charge in [0.1, 0.15) is 0 Å². The van der Waals surface area contributed by atoms with E-state index in [0.29, 0.717) is 24.6 Å². The summed E-state index contributed by atoms with van der Waals surface area (Å²) in [4.78, 5) is 50.3. The Kier molecular flexibility index (Phi) is 11.6. The first-order chi connectivity index (χ1) is 19.7. The molecule has 0 amide bonds. The number of benzene rings is 4. The van der Waals surface area contributed by atoms with Crippen LogP contribution < -0.4 is 63.6 Å². The molecule has 0 saturated heterocycles. The number of aromatic carboxylic acids is 1. The second kappa shape index (κ2) is 14.9. The van der Waals surface area contributed by atoms with E-state index < -0.39 is 68.6 Å². The van der Waals surface area contributed by atoms with Crippen molar-refractivity contribution in [1.82, 2.24) is 0 Å². The van der Waals surface area contributed by atoms with Crippen molar-refractivity contribution >= 4 is 38.1 Å². The maximum absolute atomic E-state index is 13.5. The van der Waals surface area contributed by atoms with Crippen LogP contribution in [0, 0.1) is 21.2 Å². The first kappa shape index (κ1) is 31.9. The Bertz CT molecular complexity index is 1630. The summed E-state index contributed by atoms with van der Waals surface area (Å²) in [5.74, 6) is -1.19. The number of carbonyl (C=O) groups excluding carboxylic acids is 3. The minimum absolute atomic E-state index is 0.0728. The predicted octanol–water partition coefficient (Wildman–Crippen LogP) is -3.27. The molecule has 41 heavy (non-hydrogen) atoms. The van der Waals surface area contributed by atoms with Gasteiger partial charge in [0.25, 0.3) is 0 Å². The summed E-state index contributed by atoms with van der Waals surface area (Å²) in [6, 6.07) is 25.1. The summed E-state index contributed by atoms with van der Waals surface area (Å²) >= 11 is -5.69. The van der Waals surface area contributed by atoms with Crippen LogP contribution in [0.3, 0.4) is 0 Å². The standard InChI is InChI=1S/C31H23I4O6/c1-3-32-22-10-12-24(13-11-22)34-30(38)27-17-21(7-15-28(27)35(41)18-36)20-6-14-25(31(39)40)26(16-20)29(37)33-23-8-4-19(2)5-9-23/h3-18,41H,1H2,2H3,(H,39,40)/q-3. The molecule has 2 N–H and O–H groups in total. The zero-order chi connectivity index (χ0) is 29.5. The number of rotatable bonds is 12. The van der Waals surface area contributed by atoms with E-state index in [2.05, 4.69) is 6.58 Å². The third-order valence-corrected chi connectivity index (χ3v) is 15.0. The van der Waals surface area contributed by atoms with Crippen molar-refractivity contribution in [1.29, 1.82) is 0 Å². The van der Waals surface area contributed by atoms with E-state index in [1.807, 2.05) is 59.5 Å². The molecule has 0 heterocycles. The fraction of sp³-hybridized carbons (Fsp3) is 0.0323. The molecule has 0 aliphatic rings. The van der Waals surface area contributed by atoms with Gasteiger partial charge in [0.05, 0.1) is 0 Å². The Morgan fingerprint density at radius 1 is 0.732 bits per heavy atom. The van der Waals surface area contributed by atoms with Crippen molar-refractivity contribution in [2.24, 2.45) is 0 Å². The number of halogens is 4. The Balaban J connectivity index is 1.71. The zero-order valence-electron chi connectivity index (χ0n) is 21.5. The van der Waals surface area contributed by atoms with Gasteiger partial charge in [-0.1, -0.05) is 0 Å². The third-order valence-electron chi connectivity index (χ3n) is 5.67. The summed E-state index contributed by atoms with van der Waals surface area (Å²) in [6.07, 6.45) is 0. The molecule has 0 saturated carbocycles. The topological polar surface area (TPSA) is 109 Å². The van der Waals surface area contributed by atoms with Gasteiger partial charge in [-0.2, -0.15) is 0 Å². The van der Waals surface area contributed by atoms with Gasteiger partial charge in [0.15, 0.2) is 0 Å². The molecule has 0 aromatic heterocycles. The van der Waals surface area contributed by atoms with Crippen molar-refractivity contribution < 1.29 is 91.3 Å². The second-order valence-electron chi connectivity index (χ2n) is 8.37. The number of hydrogen-bond donors (Lipinski definition) is 2. The number of carbonyl (C=O) groups is 4. The summed E-state index contributed by atoms with van der Waals surface area (Å²) in [7, 11) is 0. The van der Waals surface area contributed by atoms with E-state index in [0.717, 1.165) is 12.7 Å². The van der Waals surface area contributed by atoms with E-state index in [9.17, 15) is 27.7 Å². The molecule has 4 aromatic carbocycles. The Morgan fingerprint density at radius 2 is 1.24 bits per heavy atom. The average molecular weight is 999 g/mol. The van der Waals surface area contributed by atoms with Crippen molar-refractivity contribution in [3.05, 3.63) is 132 Å². The van der Waals surface area contributed by atoms with Crippen LogP contribution >= 0.6 is 20.2 Å². The van der Waals surface area contributed by atoms with Gasteiger partial charge in [-0.25, -0.2) is 0 Å². The van der Waals surface area contributed by atoms with Crippen LogP contribution in [0.5, 0.6) is 0 Å². The van der Waals surface area contributed by atoms with Crippen molar-refractivity contribution in [2.75, 3.05) is 0 Å². The predicted molar refractivity (Wildman–Crippen MR) is 153 cm³/mol. The Labute approximate surface area is 276 Å². The molecule has 4 rings (SSSR count). The van der Waals surface area contributed by atoms with Gasteiger partial charge in [-0.05, 0) is 0 Å². The number of carboxylic acids is 1. The van der Waals surface area contributed by atoms with Crippen molar-refractivity contribution in [3.63, 3.8) is 0 Å². The molecule has 6 nitrogen and oxygen atoms in total. The Hall–Kier alpha value is -2.02. The van der Waals surface area contributed by atoms with Crippen LogP contribution in [0.2, 0.25) is 0 Å². The SMILES string of the molecule is C=C[I-]c1ccc([I-]C(=O)c2cc(-c3ccc(C(=O)O)c(C(=O)[I-]c4ccc(C)cc4)c3)ccc2I(O)C=O)cc1. The summed E-state index contributed by atoms with van der Waals surface area (Å²) in [6.45, 7) is 5.75. The van der Waals surface area contributed by atoms with Gasteiger partial charge >= 0.3 is 280 Å². The fourth-order valence-electron chi connectivity index (χ4n) is 3.70. The normalized spacial score (nSPS) is 11.3. The molecule has 10 heteroatoms. The zero-order valence-corrected chi connectivity index (χ0v) is 30.1. The van der Waals surface area contributed by atoms with Crippen LogP contribution in [0.4, 0.5) is 0 Å². The molecule has 214 valence electrons. The van der Waals surface area contributed by atoms with Gasteiger partial charge in [0, 0.05) is 0 Å². The summed E-state index contributed by atoms with van der Waals surface area (Å²) < 4.78 is 16.0. The number of hydrogen-bond acceptors (Lipinski definition) is 5. The second-order valence-corrected chi connectivity index (χ2v) is 20.0. The van der Waals surface area contributed by atoms with Gasteiger partial charge in [-0.3, -0.25) is 0 Å². The minimum atomic E-state index is -3.18. The van der Waals surface area contributed by atoms with E-state index in [4.69, 9.17) is 0 Å². The molecule has 0 fully saturated rings. The van der Waals surface area contributed by atoms with Gasteiger partial charge in [-0.15, -0.1) is 0 Å². The Morgan fingerprint density at radius 3 is 1.80 bits per heavy atom. The molecular weight excluding hydrogens is 976 g/mol. The molecule has 0 radical (unpaired) electrons. The van der Waals surface area contributed by atoms with E-state index in [-0.39, 0.29) is 39.9 Å². The molecular formula is C31H23I4O6-3. The van der Waals surface area contributed by atoms with E-state index in [1.165, 1.54) is 9.64 Å². The molecule has 0 spiro atoms. The van der Waals surface area contributed by atoms with Crippen LogP contribution in [0.1, 0.15) is 36.6 Å². The van der Waals surface area contributed by atoms with Gasteiger partial charge < -0.3 is 0 Å². The summed E-state index contributed by atoms with van der Waals surface area (Å²) in [5.41, 5.74) is 2.60. The van der Waals surface area contributed by atoms with Crippen molar-refractivity contribution in [3.8, 4) is 11.1 Å². The molecule has 4 aromatic rings. The molecule has 0 unspecified atom stereocenters. The van der Waals surface area contributed by atoms with Crippen LogP contribution in [-0.2, 0) is 4.79 Å². The number of aryl methyl sites for hydroxylation is 1. The average Bonchev–Trinajstić information content (AvgIpc) is 2.98. The third kappa shape index (κ3) is 8.30. The van der Waals surface area contributed by atoms with Gasteiger partial charge in [0.2, 0.25) is 0 Å². The van der Waals surface area contributed by atoms with Crippen LogP contribution in [0.25, 0.3) is 11.1 Å². The van der Waals surface area contributed by atoms with E-state index in [1.54, 1.807) is 30.3 Å². The molecule has 0 bridgehead atoms. The first-order valence-corrected chi connectivity index (χ1v) is 21.8. The molecule has 0 atom stereocenters.